The van der Waals surface area contributed by atoms with Gasteiger partial charge in [-0.25, -0.2) is 0 Å². The molecule has 0 spiro atoms. The summed E-state index contributed by atoms with van der Waals surface area (Å²) in [5, 5.41) is 19.6. The summed E-state index contributed by atoms with van der Waals surface area (Å²) in [6.07, 6.45) is 0. The fourth-order valence-corrected chi connectivity index (χ4v) is 0.321. The molecule has 1 aromatic rings. The highest BCUT2D eigenvalue weighted by Crippen LogP contribution is 1.81. The number of aromatic nitrogens is 4. The van der Waals surface area contributed by atoms with Gasteiger partial charge in [0.2, 0.25) is 5.82 Å². The van der Waals surface area contributed by atoms with Crippen LogP contribution in [-0.2, 0) is 0 Å². The molecule has 1 rings (SSSR count). The van der Waals surface area contributed by atoms with E-state index >= 15 is 0 Å². The zero-order valence-corrected chi connectivity index (χ0v) is 4.34. The molecule has 1 aromatic heterocycles. The number of hydrogen-bond donors (Lipinski definition) is 2. The van der Waals surface area contributed by atoms with Crippen LogP contribution in [0.2, 0.25) is 0 Å². The highest BCUT2D eigenvalue weighted by Gasteiger charge is 1.96. The van der Waals surface area contributed by atoms with Crippen molar-refractivity contribution in [1.29, 1.82) is 5.41 Å². The highest BCUT2D eigenvalue weighted by molar-refractivity contribution is 5.92. The molecule has 0 fully saturated rings. The van der Waals surface area contributed by atoms with E-state index in [9.17, 15) is 0 Å². The number of tetrazole rings is 1. The largest absolute Gasteiger partial charge is 0.302 e. The summed E-state index contributed by atoms with van der Waals surface area (Å²) in [5.41, 5.74) is 0.318. The first-order valence-corrected chi connectivity index (χ1v) is 2.09. The fraction of sp³-hybridized carbons (Fsp3) is 0.333. The fourth-order valence-electron chi connectivity index (χ4n) is 0.321. The minimum absolute atomic E-state index is 0.318. The van der Waals surface area contributed by atoms with E-state index < -0.39 is 0 Å². The summed E-state index contributed by atoms with van der Waals surface area (Å²) in [6.45, 7) is 1.60. The maximum Gasteiger partial charge on any atom is 0.217 e. The van der Waals surface area contributed by atoms with Gasteiger partial charge >= 0.3 is 0 Å². The maximum atomic E-state index is 6.97. The lowest BCUT2D eigenvalue weighted by molar-refractivity contribution is 0.881. The lowest BCUT2D eigenvalue weighted by Gasteiger charge is -1.78. The normalized spacial score (nSPS) is 9.12. The monoisotopic (exact) mass is 111 g/mol. The van der Waals surface area contributed by atoms with Crippen LogP contribution in [-0.4, -0.2) is 26.3 Å². The van der Waals surface area contributed by atoms with Gasteiger partial charge in [0.25, 0.3) is 0 Å². The Hall–Kier alpha value is -1.26. The molecule has 0 bridgehead atoms. The van der Waals surface area contributed by atoms with Crippen molar-refractivity contribution in [3.63, 3.8) is 0 Å². The van der Waals surface area contributed by atoms with Gasteiger partial charge in [0.15, 0.2) is 0 Å². The third kappa shape index (κ3) is 0.699. The van der Waals surface area contributed by atoms with E-state index in [-0.39, 0.29) is 0 Å². The van der Waals surface area contributed by atoms with Crippen molar-refractivity contribution in [2.45, 2.75) is 6.92 Å². The summed E-state index contributed by atoms with van der Waals surface area (Å²) >= 11 is 0. The topological polar surface area (TPSA) is 78.3 Å². The Morgan fingerprint density at radius 2 is 2.50 bits per heavy atom. The molecule has 8 heavy (non-hydrogen) atoms. The molecule has 0 unspecified atom stereocenters. The molecule has 0 saturated heterocycles. The van der Waals surface area contributed by atoms with Crippen LogP contribution in [0.4, 0.5) is 0 Å². The van der Waals surface area contributed by atoms with Gasteiger partial charge in [-0.05, 0) is 12.1 Å². The number of rotatable bonds is 1. The Balaban J connectivity index is 2.93. The summed E-state index contributed by atoms with van der Waals surface area (Å²) in [5.74, 6) is 0.352. The number of aromatic amines is 1. The Morgan fingerprint density at radius 1 is 1.75 bits per heavy atom. The minimum Gasteiger partial charge on any atom is -0.302 e. The van der Waals surface area contributed by atoms with Crippen molar-refractivity contribution in [3.05, 3.63) is 5.82 Å². The molecule has 0 aliphatic rings. The first-order valence-electron chi connectivity index (χ1n) is 2.09. The second kappa shape index (κ2) is 1.69. The van der Waals surface area contributed by atoms with E-state index in [2.05, 4.69) is 20.6 Å². The average molecular weight is 111 g/mol. The number of H-pyrrole nitrogens is 1. The average Bonchev–Trinajstić information content (AvgIpc) is 2.12. The van der Waals surface area contributed by atoms with Crippen LogP contribution in [0.1, 0.15) is 12.7 Å². The molecule has 42 valence electrons. The number of nitrogens with one attached hydrogen (secondary N) is 2. The third-order valence-electron chi connectivity index (χ3n) is 0.681. The van der Waals surface area contributed by atoms with Crippen molar-refractivity contribution in [2.75, 3.05) is 0 Å². The first kappa shape index (κ1) is 4.89. The Labute approximate surface area is 45.6 Å². The molecule has 0 atom stereocenters. The molecular weight excluding hydrogens is 106 g/mol. The molecule has 0 aromatic carbocycles. The van der Waals surface area contributed by atoms with Crippen LogP contribution >= 0.6 is 0 Å². The van der Waals surface area contributed by atoms with E-state index in [0.29, 0.717) is 11.5 Å². The zero-order chi connectivity index (χ0) is 5.98. The predicted molar refractivity (Wildman–Crippen MR) is 26.7 cm³/mol. The lowest BCUT2D eigenvalue weighted by Crippen LogP contribution is -1.94. The molecule has 1 heterocycles. The molecule has 0 aliphatic heterocycles. The van der Waals surface area contributed by atoms with Crippen LogP contribution in [0, 0.1) is 5.41 Å². The molecule has 0 radical (unpaired) electrons. The SMILES string of the molecule is CC(=N)c1nn[nH]n1. The number of nitrogens with zero attached hydrogens (tertiary/aromatic N) is 3. The summed E-state index contributed by atoms with van der Waals surface area (Å²) in [4.78, 5) is 0. The molecule has 0 aliphatic carbocycles. The van der Waals surface area contributed by atoms with E-state index in [1.165, 1.54) is 0 Å². The van der Waals surface area contributed by atoms with Gasteiger partial charge in [-0.2, -0.15) is 5.21 Å². The molecule has 5 heteroatoms. The zero-order valence-electron chi connectivity index (χ0n) is 4.34. The highest BCUT2D eigenvalue weighted by atomic mass is 15.5. The smallest absolute Gasteiger partial charge is 0.217 e. The van der Waals surface area contributed by atoms with Gasteiger partial charge in [-0.3, -0.25) is 0 Å². The van der Waals surface area contributed by atoms with E-state index in [1.54, 1.807) is 6.92 Å². The van der Waals surface area contributed by atoms with Crippen molar-refractivity contribution in [3.8, 4) is 0 Å². The standard InChI is InChI=1S/C3H5N5/c1-2(4)3-5-7-8-6-3/h4H,1H3,(H,5,6,7,8). The molecule has 5 nitrogen and oxygen atoms in total. The molecule has 2 N–H and O–H groups in total. The quantitative estimate of drug-likeness (QED) is 0.483. The van der Waals surface area contributed by atoms with Gasteiger partial charge < -0.3 is 5.41 Å². The van der Waals surface area contributed by atoms with Gasteiger partial charge in [-0.1, -0.05) is 0 Å². The van der Waals surface area contributed by atoms with Crippen molar-refractivity contribution in [1.82, 2.24) is 20.6 Å². The third-order valence-corrected chi connectivity index (χ3v) is 0.681. The molecular formula is C3H5N5. The van der Waals surface area contributed by atoms with Crippen molar-refractivity contribution >= 4 is 5.71 Å². The molecule has 0 amide bonds. The van der Waals surface area contributed by atoms with Gasteiger partial charge in [0.05, 0.1) is 5.71 Å². The predicted octanol–water partition coefficient (Wildman–Crippen LogP) is -0.413. The van der Waals surface area contributed by atoms with Crippen LogP contribution in [0.5, 0.6) is 0 Å². The Kier molecular flexibility index (Phi) is 1.03. The molecule has 0 saturated carbocycles. The lowest BCUT2D eigenvalue weighted by atomic mass is 10.4. The Morgan fingerprint density at radius 3 is 2.75 bits per heavy atom. The first-order chi connectivity index (χ1) is 3.80. The van der Waals surface area contributed by atoms with Crippen LogP contribution < -0.4 is 0 Å². The van der Waals surface area contributed by atoms with E-state index in [4.69, 9.17) is 5.41 Å². The summed E-state index contributed by atoms with van der Waals surface area (Å²) in [7, 11) is 0. The Bertz CT molecular complexity index is 176. The second-order valence-corrected chi connectivity index (χ2v) is 1.36. The van der Waals surface area contributed by atoms with E-state index in [1.807, 2.05) is 0 Å². The van der Waals surface area contributed by atoms with Crippen molar-refractivity contribution < 1.29 is 0 Å². The summed E-state index contributed by atoms with van der Waals surface area (Å²) in [6, 6.07) is 0. The second-order valence-electron chi connectivity index (χ2n) is 1.36. The van der Waals surface area contributed by atoms with Gasteiger partial charge in [0, 0.05) is 0 Å². The van der Waals surface area contributed by atoms with Crippen LogP contribution in [0.3, 0.4) is 0 Å². The van der Waals surface area contributed by atoms with Gasteiger partial charge in [-0.15, -0.1) is 10.2 Å². The van der Waals surface area contributed by atoms with Crippen LogP contribution in [0.15, 0.2) is 0 Å². The maximum absolute atomic E-state index is 6.97. The van der Waals surface area contributed by atoms with Crippen LogP contribution in [0.25, 0.3) is 0 Å². The summed E-state index contributed by atoms with van der Waals surface area (Å²) < 4.78 is 0. The van der Waals surface area contributed by atoms with E-state index in [0.717, 1.165) is 0 Å². The minimum atomic E-state index is 0.318. The number of hydrogen-bond acceptors (Lipinski definition) is 4. The van der Waals surface area contributed by atoms with Crippen molar-refractivity contribution in [2.24, 2.45) is 0 Å². The van der Waals surface area contributed by atoms with Gasteiger partial charge in [0.1, 0.15) is 0 Å².